The minimum Gasteiger partial charge on any atom is -0.393 e. The van der Waals surface area contributed by atoms with E-state index in [0.717, 1.165) is 0 Å². The molecule has 0 heterocycles. The van der Waals surface area contributed by atoms with Gasteiger partial charge >= 0.3 is 0 Å². The number of hydrogen-bond donors (Lipinski definition) is 1. The van der Waals surface area contributed by atoms with E-state index in [1.54, 1.807) is 13.8 Å². The van der Waals surface area contributed by atoms with Gasteiger partial charge in [-0.2, -0.15) is 0 Å². The zero-order valence-corrected chi connectivity index (χ0v) is 8.83. The van der Waals surface area contributed by atoms with E-state index in [2.05, 4.69) is 0 Å². The summed E-state index contributed by atoms with van der Waals surface area (Å²) >= 11 is 0. The topological polar surface area (TPSA) is 54.4 Å². The largest absolute Gasteiger partial charge is 0.393 e. The summed E-state index contributed by atoms with van der Waals surface area (Å²) in [6.07, 6.45) is 0.559. The molecule has 3 unspecified atom stereocenters. The van der Waals surface area contributed by atoms with E-state index in [4.69, 9.17) is 0 Å². The quantitative estimate of drug-likeness (QED) is 0.587. The molecule has 3 atom stereocenters. The normalized spacial score (nSPS) is 45.7. The van der Waals surface area contributed by atoms with E-state index in [9.17, 15) is 14.7 Å². The van der Waals surface area contributed by atoms with Gasteiger partial charge in [0, 0.05) is 17.8 Å². The summed E-state index contributed by atoms with van der Waals surface area (Å²) in [5.41, 5.74) is -0.824. The van der Waals surface area contributed by atoms with Gasteiger partial charge in [0.2, 0.25) is 5.78 Å². The van der Waals surface area contributed by atoms with Gasteiger partial charge in [-0.15, -0.1) is 0 Å². The van der Waals surface area contributed by atoms with Crippen molar-refractivity contribution in [2.24, 2.45) is 16.7 Å². The van der Waals surface area contributed by atoms with Crippen LogP contribution >= 0.6 is 0 Å². The maximum absolute atomic E-state index is 11.7. The van der Waals surface area contributed by atoms with Crippen LogP contribution in [-0.2, 0) is 9.59 Å². The van der Waals surface area contributed by atoms with E-state index >= 15 is 0 Å². The Hall–Kier alpha value is -0.700. The zero-order chi connectivity index (χ0) is 10.7. The van der Waals surface area contributed by atoms with Crippen molar-refractivity contribution in [3.63, 3.8) is 0 Å². The molecule has 2 rings (SSSR count). The van der Waals surface area contributed by atoms with Gasteiger partial charge in [0.15, 0.2) is 5.78 Å². The van der Waals surface area contributed by atoms with Gasteiger partial charge in [0.05, 0.1) is 6.10 Å². The van der Waals surface area contributed by atoms with E-state index in [1.165, 1.54) is 0 Å². The number of aliphatic hydroxyl groups excluding tert-OH is 1. The number of Topliss-reactive ketones (excluding diaryl/α,β-unsaturated/α-hetero) is 2. The molecular formula is C11H16O3. The lowest BCUT2D eigenvalue weighted by molar-refractivity contribution is -0.187. The molecule has 3 nitrogen and oxygen atoms in total. The maximum atomic E-state index is 11.7. The highest BCUT2D eigenvalue weighted by Crippen LogP contribution is 2.60. The lowest BCUT2D eigenvalue weighted by Crippen LogP contribution is -2.64. The van der Waals surface area contributed by atoms with Crippen LogP contribution in [0.2, 0.25) is 0 Å². The van der Waals surface area contributed by atoms with Crippen LogP contribution in [0.3, 0.4) is 0 Å². The SMILES string of the molecule is CC12CC(=O)C(=O)C(C)(C)C1C(O)C2. The van der Waals surface area contributed by atoms with Crippen molar-refractivity contribution < 1.29 is 14.7 Å². The first-order valence-electron chi connectivity index (χ1n) is 5.05. The molecule has 0 bridgehead atoms. The van der Waals surface area contributed by atoms with Crippen molar-refractivity contribution in [3.8, 4) is 0 Å². The molecule has 2 fully saturated rings. The highest BCUT2D eigenvalue weighted by atomic mass is 16.3. The fourth-order valence-corrected chi connectivity index (χ4v) is 3.51. The van der Waals surface area contributed by atoms with Gasteiger partial charge in [-0.3, -0.25) is 9.59 Å². The first kappa shape index (κ1) is 9.84. The third kappa shape index (κ3) is 0.962. The van der Waals surface area contributed by atoms with Crippen LogP contribution in [0.5, 0.6) is 0 Å². The summed E-state index contributed by atoms with van der Waals surface area (Å²) in [5, 5.41) is 9.68. The summed E-state index contributed by atoms with van der Waals surface area (Å²) in [6, 6.07) is 0. The Morgan fingerprint density at radius 3 is 2.36 bits per heavy atom. The van der Waals surface area contributed by atoms with Crippen molar-refractivity contribution in [1.82, 2.24) is 0 Å². The van der Waals surface area contributed by atoms with Crippen LogP contribution < -0.4 is 0 Å². The van der Waals surface area contributed by atoms with E-state index < -0.39 is 11.5 Å². The lowest BCUT2D eigenvalue weighted by atomic mass is 9.45. The van der Waals surface area contributed by atoms with E-state index in [0.29, 0.717) is 12.8 Å². The second kappa shape index (κ2) is 2.45. The standard InChI is InChI=1S/C11H16O3/c1-10(2)8-6(12)4-11(8,3)5-7(13)9(10)14/h6,8,12H,4-5H2,1-3H3. The van der Waals surface area contributed by atoms with Crippen molar-refractivity contribution >= 4 is 11.6 Å². The molecule has 2 aliphatic rings. The highest BCUT2D eigenvalue weighted by molar-refractivity contribution is 6.40. The van der Waals surface area contributed by atoms with E-state index in [-0.39, 0.29) is 22.9 Å². The van der Waals surface area contributed by atoms with E-state index in [1.807, 2.05) is 6.92 Å². The molecule has 0 aromatic heterocycles. The Morgan fingerprint density at radius 1 is 1.29 bits per heavy atom. The summed E-state index contributed by atoms with van der Waals surface area (Å²) < 4.78 is 0. The van der Waals surface area contributed by atoms with Gasteiger partial charge in [-0.05, 0) is 11.8 Å². The molecule has 0 radical (unpaired) electrons. The van der Waals surface area contributed by atoms with Crippen LogP contribution in [0.1, 0.15) is 33.6 Å². The molecule has 0 aromatic carbocycles. The maximum Gasteiger partial charge on any atom is 0.204 e. The van der Waals surface area contributed by atoms with Crippen LogP contribution in [0, 0.1) is 16.7 Å². The van der Waals surface area contributed by atoms with Gasteiger partial charge in [-0.1, -0.05) is 20.8 Å². The minimum atomic E-state index is -0.679. The Morgan fingerprint density at radius 2 is 1.86 bits per heavy atom. The molecule has 0 amide bonds. The van der Waals surface area contributed by atoms with Gasteiger partial charge < -0.3 is 5.11 Å². The predicted octanol–water partition coefficient (Wildman–Crippen LogP) is 0.942. The third-order valence-corrected chi connectivity index (χ3v) is 3.99. The number of aliphatic hydroxyl groups is 1. The first-order valence-corrected chi connectivity index (χ1v) is 5.05. The Kier molecular flexibility index (Phi) is 1.72. The summed E-state index contributed by atoms with van der Waals surface area (Å²) in [6.45, 7) is 5.55. The molecule has 0 aliphatic heterocycles. The van der Waals surface area contributed by atoms with Crippen molar-refractivity contribution in [3.05, 3.63) is 0 Å². The number of hydrogen-bond acceptors (Lipinski definition) is 3. The van der Waals surface area contributed by atoms with Crippen molar-refractivity contribution in [1.29, 1.82) is 0 Å². The third-order valence-electron chi connectivity index (χ3n) is 3.99. The number of rotatable bonds is 0. The lowest BCUT2D eigenvalue weighted by Gasteiger charge is -2.59. The Bertz CT molecular complexity index is 318. The predicted molar refractivity (Wildman–Crippen MR) is 50.6 cm³/mol. The molecule has 1 N–H and O–H groups in total. The summed E-state index contributed by atoms with van der Waals surface area (Å²) in [4.78, 5) is 23.1. The fraction of sp³-hybridized carbons (Fsp3) is 0.818. The molecule has 78 valence electrons. The van der Waals surface area contributed by atoms with Crippen LogP contribution in [0.4, 0.5) is 0 Å². The fourth-order valence-electron chi connectivity index (χ4n) is 3.51. The van der Waals surface area contributed by atoms with Crippen LogP contribution in [-0.4, -0.2) is 22.8 Å². The molecule has 2 aliphatic carbocycles. The smallest absolute Gasteiger partial charge is 0.204 e. The van der Waals surface area contributed by atoms with Gasteiger partial charge in [0.25, 0.3) is 0 Å². The number of fused-ring (bicyclic) bond motifs is 1. The number of carbonyl (C=O) groups is 2. The second-order valence-corrected chi connectivity index (χ2v) is 5.55. The van der Waals surface area contributed by atoms with Crippen molar-refractivity contribution in [2.75, 3.05) is 0 Å². The Labute approximate surface area is 83.5 Å². The Balaban J connectivity index is 2.40. The summed E-state index contributed by atoms with van der Waals surface area (Å²) in [7, 11) is 0. The molecule has 0 spiro atoms. The van der Waals surface area contributed by atoms with Crippen molar-refractivity contribution in [2.45, 2.75) is 39.7 Å². The molecule has 0 saturated heterocycles. The van der Waals surface area contributed by atoms with Gasteiger partial charge in [-0.25, -0.2) is 0 Å². The summed E-state index contributed by atoms with van der Waals surface area (Å²) in [5.74, 6) is -0.612. The zero-order valence-electron chi connectivity index (χ0n) is 8.83. The van der Waals surface area contributed by atoms with Gasteiger partial charge in [0.1, 0.15) is 0 Å². The monoisotopic (exact) mass is 196 g/mol. The highest BCUT2D eigenvalue weighted by Gasteiger charge is 2.63. The molecular weight excluding hydrogens is 180 g/mol. The average molecular weight is 196 g/mol. The molecule has 0 aromatic rings. The van der Waals surface area contributed by atoms with Crippen LogP contribution in [0.25, 0.3) is 0 Å². The minimum absolute atomic E-state index is 0.0415. The average Bonchev–Trinajstić information content (AvgIpc) is 1.98. The first-order chi connectivity index (χ1) is 6.29. The molecule has 14 heavy (non-hydrogen) atoms. The molecule has 3 heteroatoms. The number of carbonyl (C=O) groups excluding carboxylic acids is 2. The molecule has 2 saturated carbocycles. The van der Waals surface area contributed by atoms with Crippen LogP contribution in [0.15, 0.2) is 0 Å². The number of ketones is 2. The second-order valence-electron chi connectivity index (χ2n) is 5.55.